The maximum atomic E-state index is 13.5. The van der Waals surface area contributed by atoms with Crippen molar-refractivity contribution >= 4 is 29.0 Å². The van der Waals surface area contributed by atoms with E-state index >= 15 is 0 Å². The van der Waals surface area contributed by atoms with E-state index in [1.807, 2.05) is 91.7 Å². The van der Waals surface area contributed by atoms with E-state index in [-0.39, 0.29) is 18.4 Å². The zero-order valence-corrected chi connectivity index (χ0v) is 18.3. The summed E-state index contributed by atoms with van der Waals surface area (Å²) >= 11 is 6.30. The smallest absolute Gasteiger partial charge is 0.278 e. The Morgan fingerprint density at radius 2 is 1.48 bits per heavy atom. The number of amides is 2. The van der Waals surface area contributed by atoms with Crippen LogP contribution in [0.2, 0.25) is 5.02 Å². The van der Waals surface area contributed by atoms with Gasteiger partial charge in [0.05, 0.1) is 12.1 Å². The van der Waals surface area contributed by atoms with E-state index < -0.39 is 0 Å². The zero-order chi connectivity index (χ0) is 22.0. The highest BCUT2D eigenvalue weighted by atomic mass is 35.5. The summed E-state index contributed by atoms with van der Waals surface area (Å²) in [7, 11) is 1.85. The van der Waals surface area contributed by atoms with E-state index in [1.54, 1.807) is 6.07 Å². The molecule has 0 spiro atoms. The first-order valence-corrected chi connectivity index (χ1v) is 10.5. The fourth-order valence-electron chi connectivity index (χ4n) is 3.77. The first-order chi connectivity index (χ1) is 15.0. The van der Waals surface area contributed by atoms with E-state index in [1.165, 1.54) is 4.90 Å². The Hall–Kier alpha value is -3.37. The number of nitrogens with zero attached hydrogens (tertiary/aromatic N) is 2. The van der Waals surface area contributed by atoms with Crippen LogP contribution < -0.4 is 0 Å². The van der Waals surface area contributed by atoms with Crippen molar-refractivity contribution in [1.29, 1.82) is 0 Å². The average molecular weight is 431 g/mol. The van der Waals surface area contributed by atoms with Crippen LogP contribution in [0, 0.1) is 6.92 Å². The van der Waals surface area contributed by atoms with Crippen molar-refractivity contribution in [2.45, 2.75) is 20.0 Å². The monoisotopic (exact) mass is 430 g/mol. The molecule has 3 aromatic rings. The number of imide groups is 1. The Bertz CT molecular complexity index is 1150. The number of hydrogen-bond donors (Lipinski definition) is 0. The summed E-state index contributed by atoms with van der Waals surface area (Å²) in [4.78, 5) is 30.1. The number of carbonyl (C=O) groups is 2. The van der Waals surface area contributed by atoms with Gasteiger partial charge in [-0.2, -0.15) is 0 Å². The molecule has 2 amide bonds. The average Bonchev–Trinajstić information content (AvgIpc) is 3.01. The number of halogens is 1. The molecule has 1 heterocycles. The van der Waals surface area contributed by atoms with Gasteiger partial charge in [0.2, 0.25) is 0 Å². The van der Waals surface area contributed by atoms with E-state index in [0.29, 0.717) is 22.8 Å². The second-order valence-electron chi connectivity index (χ2n) is 7.72. The highest BCUT2D eigenvalue weighted by Gasteiger charge is 2.40. The van der Waals surface area contributed by atoms with Gasteiger partial charge >= 0.3 is 0 Å². The molecule has 3 aromatic carbocycles. The molecule has 0 unspecified atom stereocenters. The third-order valence-electron chi connectivity index (χ3n) is 5.41. The van der Waals surface area contributed by atoms with Gasteiger partial charge in [-0.05, 0) is 29.7 Å². The molecule has 156 valence electrons. The summed E-state index contributed by atoms with van der Waals surface area (Å²) in [6, 6.07) is 24.9. The number of likely N-dealkylation sites (N-methyl/N-ethyl adjacent to an activating group) is 1. The summed E-state index contributed by atoms with van der Waals surface area (Å²) in [5, 5.41) is 0.533. The largest absolute Gasteiger partial charge is 0.365 e. The standard InChI is InChI=1S/C26H23ClN2O2/c1-18-12-14-20(15-13-18)23-24(28(2)16-19-8-4-3-5-9-19)26(31)29(25(23)30)17-21-10-6-7-11-22(21)27/h3-15H,16-17H2,1-2H3. The molecule has 4 rings (SSSR count). The van der Waals surface area contributed by atoms with Gasteiger partial charge in [-0.1, -0.05) is 90.0 Å². The molecule has 0 saturated heterocycles. The number of benzene rings is 3. The molecule has 0 N–H and O–H groups in total. The zero-order valence-electron chi connectivity index (χ0n) is 17.5. The van der Waals surface area contributed by atoms with Crippen LogP contribution in [0.25, 0.3) is 5.57 Å². The first kappa shape index (κ1) is 20.9. The molecule has 0 saturated carbocycles. The van der Waals surface area contributed by atoms with Crippen LogP contribution in [0.1, 0.15) is 22.3 Å². The van der Waals surface area contributed by atoms with Crippen molar-refractivity contribution in [2.24, 2.45) is 0 Å². The predicted molar refractivity (Wildman–Crippen MR) is 123 cm³/mol. The number of aryl methyl sites for hydroxylation is 1. The van der Waals surface area contributed by atoms with Crippen molar-refractivity contribution in [3.63, 3.8) is 0 Å². The molecule has 1 aliphatic heterocycles. The fourth-order valence-corrected chi connectivity index (χ4v) is 3.97. The van der Waals surface area contributed by atoms with Crippen molar-refractivity contribution in [1.82, 2.24) is 9.80 Å². The van der Waals surface area contributed by atoms with Crippen molar-refractivity contribution in [3.05, 3.63) is 112 Å². The van der Waals surface area contributed by atoms with Crippen LogP contribution in [-0.4, -0.2) is 28.7 Å². The molecule has 5 heteroatoms. The van der Waals surface area contributed by atoms with Crippen LogP contribution in [0.5, 0.6) is 0 Å². The van der Waals surface area contributed by atoms with Crippen LogP contribution in [0.4, 0.5) is 0 Å². The van der Waals surface area contributed by atoms with Gasteiger partial charge in [0.25, 0.3) is 11.8 Å². The summed E-state index contributed by atoms with van der Waals surface area (Å²) in [5.74, 6) is -0.609. The molecule has 0 radical (unpaired) electrons. The van der Waals surface area contributed by atoms with Crippen molar-refractivity contribution in [3.8, 4) is 0 Å². The molecule has 4 nitrogen and oxygen atoms in total. The minimum atomic E-state index is -0.307. The predicted octanol–water partition coefficient (Wildman–Crippen LogP) is 5.06. The van der Waals surface area contributed by atoms with Gasteiger partial charge in [-0.15, -0.1) is 0 Å². The molecule has 0 fully saturated rings. The van der Waals surface area contributed by atoms with Gasteiger partial charge < -0.3 is 4.90 Å². The Labute approximate surface area is 187 Å². The molecule has 0 bridgehead atoms. The lowest BCUT2D eigenvalue weighted by Gasteiger charge is -2.22. The quantitative estimate of drug-likeness (QED) is 0.513. The summed E-state index contributed by atoms with van der Waals surface area (Å²) in [6.45, 7) is 2.64. The number of rotatable bonds is 6. The molecule has 0 atom stereocenters. The van der Waals surface area contributed by atoms with Gasteiger partial charge in [-0.3, -0.25) is 14.5 Å². The Morgan fingerprint density at radius 1 is 0.839 bits per heavy atom. The number of carbonyl (C=O) groups excluding carboxylic acids is 2. The van der Waals surface area contributed by atoms with Gasteiger partial charge in [0, 0.05) is 18.6 Å². The van der Waals surface area contributed by atoms with E-state index in [9.17, 15) is 9.59 Å². The van der Waals surface area contributed by atoms with Gasteiger partial charge in [0.15, 0.2) is 0 Å². The first-order valence-electron chi connectivity index (χ1n) is 10.1. The number of hydrogen-bond acceptors (Lipinski definition) is 3. The summed E-state index contributed by atoms with van der Waals surface area (Å²) < 4.78 is 0. The SMILES string of the molecule is Cc1ccc(C2=C(N(C)Cc3ccccc3)C(=O)N(Cc3ccccc3Cl)C2=O)cc1. The minimum Gasteiger partial charge on any atom is -0.365 e. The van der Waals surface area contributed by atoms with E-state index in [2.05, 4.69) is 0 Å². The van der Waals surface area contributed by atoms with Crippen LogP contribution in [0.15, 0.2) is 84.6 Å². The second kappa shape index (κ2) is 8.78. The van der Waals surface area contributed by atoms with E-state index in [0.717, 1.165) is 22.3 Å². The molecule has 0 aliphatic carbocycles. The van der Waals surface area contributed by atoms with E-state index in [4.69, 9.17) is 11.6 Å². The lowest BCUT2D eigenvalue weighted by Crippen LogP contribution is -2.33. The maximum absolute atomic E-state index is 13.5. The maximum Gasteiger partial charge on any atom is 0.278 e. The highest BCUT2D eigenvalue weighted by molar-refractivity contribution is 6.35. The topological polar surface area (TPSA) is 40.6 Å². The normalized spacial score (nSPS) is 13.8. The minimum absolute atomic E-state index is 0.134. The van der Waals surface area contributed by atoms with Crippen molar-refractivity contribution in [2.75, 3.05) is 7.05 Å². The Morgan fingerprint density at radius 3 is 2.16 bits per heavy atom. The lowest BCUT2D eigenvalue weighted by molar-refractivity contribution is -0.138. The highest BCUT2D eigenvalue weighted by Crippen LogP contribution is 2.33. The third kappa shape index (κ3) is 4.25. The third-order valence-corrected chi connectivity index (χ3v) is 5.78. The Kier molecular flexibility index (Phi) is 5.92. The second-order valence-corrected chi connectivity index (χ2v) is 8.13. The molecule has 31 heavy (non-hydrogen) atoms. The fraction of sp³-hybridized carbons (Fsp3) is 0.154. The molecule has 1 aliphatic rings. The van der Waals surface area contributed by atoms with Crippen LogP contribution in [0.3, 0.4) is 0 Å². The molecular weight excluding hydrogens is 408 g/mol. The Balaban J connectivity index is 1.74. The van der Waals surface area contributed by atoms with Crippen LogP contribution >= 0.6 is 11.6 Å². The van der Waals surface area contributed by atoms with Crippen molar-refractivity contribution < 1.29 is 9.59 Å². The lowest BCUT2D eigenvalue weighted by atomic mass is 10.0. The summed E-state index contributed by atoms with van der Waals surface area (Å²) in [6.07, 6.45) is 0. The summed E-state index contributed by atoms with van der Waals surface area (Å²) in [5.41, 5.74) is 4.46. The van der Waals surface area contributed by atoms with Crippen LogP contribution in [-0.2, 0) is 22.7 Å². The van der Waals surface area contributed by atoms with Gasteiger partial charge in [0.1, 0.15) is 5.70 Å². The molecular formula is C26H23ClN2O2. The molecule has 0 aromatic heterocycles. The van der Waals surface area contributed by atoms with Gasteiger partial charge in [-0.25, -0.2) is 0 Å².